The second-order valence-electron chi connectivity index (χ2n) is 6.86. The van der Waals surface area contributed by atoms with Crippen LogP contribution in [-0.2, 0) is 23.5 Å². The van der Waals surface area contributed by atoms with Crippen molar-refractivity contribution in [3.05, 3.63) is 57.0 Å². The van der Waals surface area contributed by atoms with Gasteiger partial charge in [-0.2, -0.15) is 5.10 Å². The van der Waals surface area contributed by atoms with Gasteiger partial charge in [-0.05, 0) is 44.9 Å². The lowest BCUT2D eigenvalue weighted by Crippen LogP contribution is -2.36. The zero-order valence-corrected chi connectivity index (χ0v) is 16.0. The summed E-state index contributed by atoms with van der Waals surface area (Å²) in [5.41, 5.74) is 0.935. The lowest BCUT2D eigenvalue weighted by Gasteiger charge is -2.21. The first-order valence-electron chi connectivity index (χ1n) is 8.39. The van der Waals surface area contributed by atoms with Gasteiger partial charge in [-0.15, -0.1) is 0 Å². The molecule has 0 radical (unpaired) electrons. The standard InChI is InChI=1S/C19H25ClN2O3/c1-5-10-24-12-14-6-8-16(9-7-14)25-13-15-11-21-22(19(2,3)4)18(23)17(15)20/h6-9,11H,5,10,12-13H2,1-4H3. The van der Waals surface area contributed by atoms with Crippen LogP contribution in [0.25, 0.3) is 0 Å². The van der Waals surface area contributed by atoms with Crippen LogP contribution < -0.4 is 10.3 Å². The molecule has 25 heavy (non-hydrogen) atoms. The first kappa shape index (κ1) is 19.5. The lowest BCUT2D eigenvalue weighted by molar-refractivity contribution is 0.121. The molecule has 0 unspecified atom stereocenters. The van der Waals surface area contributed by atoms with Crippen LogP contribution in [0.4, 0.5) is 0 Å². The van der Waals surface area contributed by atoms with E-state index in [1.807, 2.05) is 45.0 Å². The van der Waals surface area contributed by atoms with Crippen molar-refractivity contribution in [2.45, 2.75) is 52.9 Å². The Balaban J connectivity index is 2.02. The van der Waals surface area contributed by atoms with Crippen LogP contribution in [0.1, 0.15) is 45.2 Å². The van der Waals surface area contributed by atoms with Gasteiger partial charge in [-0.25, -0.2) is 4.68 Å². The molecule has 0 N–H and O–H groups in total. The lowest BCUT2D eigenvalue weighted by atomic mass is 10.1. The Kier molecular flexibility index (Phi) is 6.62. The average Bonchev–Trinajstić information content (AvgIpc) is 2.56. The van der Waals surface area contributed by atoms with Crippen LogP contribution in [0.3, 0.4) is 0 Å². The summed E-state index contributed by atoms with van der Waals surface area (Å²) in [4.78, 5) is 12.3. The van der Waals surface area contributed by atoms with E-state index < -0.39 is 5.54 Å². The molecule has 1 heterocycles. The summed E-state index contributed by atoms with van der Waals surface area (Å²) in [6.45, 7) is 9.33. The van der Waals surface area contributed by atoms with E-state index in [-0.39, 0.29) is 17.2 Å². The van der Waals surface area contributed by atoms with Gasteiger partial charge in [-0.1, -0.05) is 30.7 Å². The Morgan fingerprint density at radius 1 is 1.16 bits per heavy atom. The van der Waals surface area contributed by atoms with Crippen LogP contribution in [0, 0.1) is 0 Å². The molecule has 5 nitrogen and oxygen atoms in total. The summed E-state index contributed by atoms with van der Waals surface area (Å²) in [5, 5.41) is 4.35. The SMILES string of the molecule is CCCOCc1ccc(OCc2cnn(C(C)(C)C)c(=O)c2Cl)cc1. The van der Waals surface area contributed by atoms with Crippen LogP contribution >= 0.6 is 11.6 Å². The van der Waals surface area contributed by atoms with Crippen molar-refractivity contribution in [2.75, 3.05) is 6.61 Å². The summed E-state index contributed by atoms with van der Waals surface area (Å²) >= 11 is 6.20. The van der Waals surface area contributed by atoms with Gasteiger partial charge in [0.05, 0.1) is 18.3 Å². The van der Waals surface area contributed by atoms with Gasteiger partial charge in [0.25, 0.3) is 5.56 Å². The Hall–Kier alpha value is -1.85. The zero-order valence-electron chi connectivity index (χ0n) is 15.2. The highest BCUT2D eigenvalue weighted by atomic mass is 35.5. The van der Waals surface area contributed by atoms with E-state index in [2.05, 4.69) is 12.0 Å². The van der Waals surface area contributed by atoms with Crippen LogP contribution in [-0.4, -0.2) is 16.4 Å². The Labute approximate surface area is 153 Å². The monoisotopic (exact) mass is 364 g/mol. The minimum atomic E-state index is -0.421. The highest BCUT2D eigenvalue weighted by Gasteiger charge is 2.19. The number of aromatic nitrogens is 2. The number of hydrogen-bond donors (Lipinski definition) is 0. The highest BCUT2D eigenvalue weighted by Crippen LogP contribution is 2.18. The Morgan fingerprint density at radius 2 is 1.84 bits per heavy atom. The maximum atomic E-state index is 12.3. The topological polar surface area (TPSA) is 53.4 Å². The quantitative estimate of drug-likeness (QED) is 0.692. The Morgan fingerprint density at radius 3 is 2.44 bits per heavy atom. The second-order valence-corrected chi connectivity index (χ2v) is 7.23. The van der Waals surface area contributed by atoms with Gasteiger partial charge in [0.2, 0.25) is 0 Å². The Bertz CT molecular complexity index is 749. The van der Waals surface area contributed by atoms with Gasteiger partial charge < -0.3 is 9.47 Å². The van der Waals surface area contributed by atoms with Gasteiger partial charge in [-0.3, -0.25) is 4.79 Å². The molecule has 0 aliphatic rings. The first-order valence-corrected chi connectivity index (χ1v) is 8.77. The predicted molar refractivity (Wildman–Crippen MR) is 99.2 cm³/mol. The number of nitrogens with zero attached hydrogens (tertiary/aromatic N) is 2. The fraction of sp³-hybridized carbons (Fsp3) is 0.474. The minimum Gasteiger partial charge on any atom is -0.489 e. The van der Waals surface area contributed by atoms with Crippen LogP contribution in [0.15, 0.2) is 35.3 Å². The summed E-state index contributed by atoms with van der Waals surface area (Å²) < 4.78 is 12.6. The summed E-state index contributed by atoms with van der Waals surface area (Å²) in [6.07, 6.45) is 2.59. The minimum absolute atomic E-state index is 0.148. The largest absolute Gasteiger partial charge is 0.489 e. The van der Waals surface area contributed by atoms with Crippen molar-refractivity contribution in [1.82, 2.24) is 9.78 Å². The smallest absolute Gasteiger partial charge is 0.286 e. The van der Waals surface area contributed by atoms with Crippen molar-refractivity contribution in [1.29, 1.82) is 0 Å². The van der Waals surface area contributed by atoms with E-state index >= 15 is 0 Å². The van der Waals surface area contributed by atoms with Crippen LogP contribution in [0.2, 0.25) is 5.02 Å². The molecule has 2 aromatic rings. The molecule has 0 fully saturated rings. The molecule has 1 aromatic carbocycles. The van der Waals surface area contributed by atoms with Gasteiger partial charge in [0, 0.05) is 12.2 Å². The van der Waals surface area contributed by atoms with E-state index in [9.17, 15) is 4.79 Å². The summed E-state index contributed by atoms with van der Waals surface area (Å²) in [7, 11) is 0. The van der Waals surface area contributed by atoms with Crippen LogP contribution in [0.5, 0.6) is 5.75 Å². The molecule has 0 saturated heterocycles. The van der Waals surface area contributed by atoms with E-state index in [1.54, 1.807) is 6.20 Å². The molecule has 1 aromatic heterocycles. The molecular weight excluding hydrogens is 340 g/mol. The molecule has 6 heteroatoms. The van der Waals surface area contributed by atoms with Crippen molar-refractivity contribution in [2.24, 2.45) is 0 Å². The number of ether oxygens (including phenoxy) is 2. The fourth-order valence-corrected chi connectivity index (χ4v) is 2.41. The molecule has 2 rings (SSSR count). The molecule has 0 saturated carbocycles. The number of halogens is 1. The molecule has 0 spiro atoms. The molecule has 0 amide bonds. The maximum absolute atomic E-state index is 12.3. The van der Waals surface area contributed by atoms with Gasteiger partial charge >= 0.3 is 0 Å². The molecule has 0 aliphatic heterocycles. The van der Waals surface area contributed by atoms with E-state index in [0.29, 0.717) is 17.9 Å². The van der Waals surface area contributed by atoms with E-state index in [4.69, 9.17) is 21.1 Å². The predicted octanol–water partition coefficient (Wildman–Crippen LogP) is 4.16. The third kappa shape index (κ3) is 5.31. The van der Waals surface area contributed by atoms with E-state index in [0.717, 1.165) is 18.6 Å². The van der Waals surface area contributed by atoms with Crippen molar-refractivity contribution in [3.8, 4) is 5.75 Å². The first-order chi connectivity index (χ1) is 11.8. The third-order valence-electron chi connectivity index (χ3n) is 3.56. The summed E-state index contributed by atoms with van der Waals surface area (Å²) in [5.74, 6) is 0.704. The normalized spacial score (nSPS) is 11.6. The van der Waals surface area contributed by atoms with E-state index in [1.165, 1.54) is 4.68 Å². The third-order valence-corrected chi connectivity index (χ3v) is 3.97. The number of rotatable bonds is 7. The molecule has 0 atom stereocenters. The second kappa shape index (κ2) is 8.50. The molecule has 0 aliphatic carbocycles. The number of hydrogen-bond acceptors (Lipinski definition) is 4. The van der Waals surface area contributed by atoms with Crippen molar-refractivity contribution in [3.63, 3.8) is 0 Å². The molecule has 136 valence electrons. The molecule has 0 bridgehead atoms. The number of benzene rings is 1. The maximum Gasteiger partial charge on any atom is 0.286 e. The summed E-state index contributed by atoms with van der Waals surface area (Å²) in [6, 6.07) is 7.68. The van der Waals surface area contributed by atoms with Gasteiger partial charge in [0.1, 0.15) is 17.4 Å². The zero-order chi connectivity index (χ0) is 18.4. The van der Waals surface area contributed by atoms with Gasteiger partial charge in [0.15, 0.2) is 0 Å². The fourth-order valence-electron chi connectivity index (χ4n) is 2.22. The molecular formula is C19H25ClN2O3. The van der Waals surface area contributed by atoms with Crippen molar-refractivity contribution >= 4 is 11.6 Å². The highest BCUT2D eigenvalue weighted by molar-refractivity contribution is 6.31. The van der Waals surface area contributed by atoms with Crippen molar-refractivity contribution < 1.29 is 9.47 Å². The average molecular weight is 365 g/mol.